The molecule has 1 fully saturated rings. The van der Waals surface area contributed by atoms with Crippen LogP contribution in [-0.4, -0.2) is 34.2 Å². The van der Waals surface area contributed by atoms with Crippen molar-refractivity contribution in [1.82, 2.24) is 14.9 Å². The minimum absolute atomic E-state index is 0.0751. The molecular formula is C11H14N4O3. The maximum absolute atomic E-state index is 11.9. The van der Waals surface area contributed by atoms with Gasteiger partial charge in [-0.05, 0) is 12.8 Å². The summed E-state index contributed by atoms with van der Waals surface area (Å²) in [5.41, 5.74) is 0. The second kappa shape index (κ2) is 4.32. The van der Waals surface area contributed by atoms with Crippen molar-refractivity contribution in [1.29, 1.82) is 0 Å². The summed E-state index contributed by atoms with van der Waals surface area (Å²) in [6, 6.07) is -0.618. The lowest BCUT2D eigenvalue weighted by molar-refractivity contribution is -0.117. The lowest BCUT2D eigenvalue weighted by atomic mass is 10.2. The number of anilines is 1. The summed E-state index contributed by atoms with van der Waals surface area (Å²) >= 11 is 0. The summed E-state index contributed by atoms with van der Waals surface area (Å²) in [4.78, 5) is 27.0. The molecule has 18 heavy (non-hydrogen) atoms. The Morgan fingerprint density at radius 3 is 3.22 bits per heavy atom. The van der Waals surface area contributed by atoms with Crippen molar-refractivity contribution in [2.45, 2.75) is 31.8 Å². The van der Waals surface area contributed by atoms with E-state index in [1.54, 1.807) is 6.20 Å². The summed E-state index contributed by atoms with van der Waals surface area (Å²) in [6.45, 7) is 0.949. The number of cyclic esters (lactones) is 1. The SMILES string of the molecule is O=C1NC(C(=O)Nc2cnc3n2CCCC3)CO1. The van der Waals surface area contributed by atoms with Gasteiger partial charge in [0.05, 0.1) is 6.20 Å². The molecule has 2 amide bonds. The number of nitrogens with zero attached hydrogens (tertiary/aromatic N) is 2. The Morgan fingerprint density at radius 1 is 1.56 bits per heavy atom. The molecule has 1 aromatic heterocycles. The molecule has 0 aliphatic carbocycles. The highest BCUT2D eigenvalue weighted by Gasteiger charge is 2.29. The van der Waals surface area contributed by atoms with Crippen molar-refractivity contribution in [2.75, 3.05) is 11.9 Å². The summed E-state index contributed by atoms with van der Waals surface area (Å²) in [5.74, 6) is 1.42. The first-order chi connectivity index (χ1) is 8.74. The fourth-order valence-electron chi connectivity index (χ4n) is 2.26. The molecule has 96 valence electrons. The number of aryl methyl sites for hydroxylation is 1. The average molecular weight is 250 g/mol. The molecule has 3 rings (SSSR count). The predicted molar refractivity (Wildman–Crippen MR) is 62.1 cm³/mol. The minimum atomic E-state index is -0.618. The third kappa shape index (κ3) is 1.92. The first-order valence-corrected chi connectivity index (χ1v) is 6.02. The van der Waals surface area contributed by atoms with E-state index in [0.29, 0.717) is 5.82 Å². The van der Waals surface area contributed by atoms with Gasteiger partial charge in [0.2, 0.25) is 0 Å². The van der Waals surface area contributed by atoms with Gasteiger partial charge in [-0.3, -0.25) is 4.79 Å². The van der Waals surface area contributed by atoms with Crippen molar-refractivity contribution in [3.05, 3.63) is 12.0 Å². The summed E-state index contributed by atoms with van der Waals surface area (Å²) in [6.07, 6.45) is 4.28. The van der Waals surface area contributed by atoms with Gasteiger partial charge in [-0.15, -0.1) is 0 Å². The zero-order chi connectivity index (χ0) is 12.5. The Morgan fingerprint density at radius 2 is 2.44 bits per heavy atom. The number of rotatable bonds is 2. The van der Waals surface area contributed by atoms with Crippen molar-refractivity contribution in [3.8, 4) is 0 Å². The molecule has 0 saturated carbocycles. The molecule has 1 saturated heterocycles. The third-order valence-electron chi connectivity index (χ3n) is 3.21. The molecule has 2 N–H and O–H groups in total. The van der Waals surface area contributed by atoms with Crippen molar-refractivity contribution in [2.24, 2.45) is 0 Å². The van der Waals surface area contributed by atoms with Crippen LogP contribution < -0.4 is 10.6 Å². The summed E-state index contributed by atoms with van der Waals surface area (Å²) in [7, 11) is 0. The highest BCUT2D eigenvalue weighted by Crippen LogP contribution is 2.19. The number of imidazole rings is 1. The molecule has 7 heteroatoms. The van der Waals surface area contributed by atoms with E-state index in [2.05, 4.69) is 20.4 Å². The Labute approximate surface area is 104 Å². The Hall–Kier alpha value is -2.05. The van der Waals surface area contributed by atoms with Crippen molar-refractivity contribution in [3.63, 3.8) is 0 Å². The van der Waals surface area contributed by atoms with Gasteiger partial charge in [0.15, 0.2) is 0 Å². The monoisotopic (exact) mass is 250 g/mol. The second-order valence-electron chi connectivity index (χ2n) is 4.45. The number of aromatic nitrogens is 2. The van der Waals surface area contributed by atoms with Gasteiger partial charge in [0.25, 0.3) is 5.91 Å². The van der Waals surface area contributed by atoms with Gasteiger partial charge in [0, 0.05) is 13.0 Å². The highest BCUT2D eigenvalue weighted by atomic mass is 16.6. The average Bonchev–Trinajstić information content (AvgIpc) is 2.97. The lowest BCUT2D eigenvalue weighted by Crippen LogP contribution is -2.39. The van der Waals surface area contributed by atoms with Crippen LogP contribution in [0, 0.1) is 0 Å². The van der Waals surface area contributed by atoms with Gasteiger partial charge in [-0.25, -0.2) is 9.78 Å². The third-order valence-corrected chi connectivity index (χ3v) is 3.21. The molecule has 0 aromatic carbocycles. The van der Waals surface area contributed by atoms with Crippen LogP contribution in [0.2, 0.25) is 0 Å². The molecule has 0 radical (unpaired) electrons. The maximum Gasteiger partial charge on any atom is 0.407 e. The molecule has 1 atom stereocenters. The quantitative estimate of drug-likeness (QED) is 0.788. The molecule has 1 unspecified atom stereocenters. The van der Waals surface area contributed by atoms with Crippen LogP contribution in [-0.2, 0) is 22.5 Å². The first kappa shape index (κ1) is 11.1. The zero-order valence-electron chi connectivity index (χ0n) is 9.81. The van der Waals surface area contributed by atoms with E-state index in [0.717, 1.165) is 31.6 Å². The smallest absolute Gasteiger partial charge is 0.407 e. The molecule has 0 bridgehead atoms. The number of carbonyl (C=O) groups excluding carboxylic acids is 2. The lowest BCUT2D eigenvalue weighted by Gasteiger charge is -2.17. The van der Waals surface area contributed by atoms with Crippen LogP contribution in [0.25, 0.3) is 0 Å². The fourth-order valence-corrected chi connectivity index (χ4v) is 2.26. The highest BCUT2D eigenvalue weighted by molar-refractivity contribution is 5.97. The summed E-state index contributed by atoms with van der Waals surface area (Å²) < 4.78 is 6.70. The van der Waals surface area contributed by atoms with E-state index in [1.165, 1.54) is 0 Å². The zero-order valence-corrected chi connectivity index (χ0v) is 9.81. The molecule has 1 aromatic rings. The van der Waals surface area contributed by atoms with E-state index in [1.807, 2.05) is 4.57 Å². The molecule has 0 spiro atoms. The number of hydrogen-bond acceptors (Lipinski definition) is 4. The van der Waals surface area contributed by atoms with E-state index in [9.17, 15) is 9.59 Å². The number of alkyl carbamates (subject to hydrolysis) is 1. The van der Waals surface area contributed by atoms with Gasteiger partial charge in [-0.1, -0.05) is 0 Å². The standard InChI is InChI=1S/C11H14N4O3/c16-10(7-6-18-11(17)13-7)14-9-5-12-8-3-1-2-4-15(8)9/h5,7H,1-4,6H2,(H,13,17)(H,14,16). The summed E-state index contributed by atoms with van der Waals surface area (Å²) in [5, 5.41) is 5.22. The fraction of sp³-hybridized carbons (Fsp3) is 0.545. The normalized spacial score (nSPS) is 22.0. The number of fused-ring (bicyclic) bond motifs is 1. The minimum Gasteiger partial charge on any atom is -0.447 e. The maximum atomic E-state index is 11.9. The predicted octanol–water partition coefficient (Wildman–Crippen LogP) is 0.266. The van der Waals surface area contributed by atoms with Gasteiger partial charge in [-0.2, -0.15) is 0 Å². The topological polar surface area (TPSA) is 85.3 Å². The van der Waals surface area contributed by atoms with E-state index in [-0.39, 0.29) is 12.5 Å². The Balaban J connectivity index is 1.71. The molecule has 2 aliphatic heterocycles. The molecule has 7 nitrogen and oxygen atoms in total. The van der Waals surface area contributed by atoms with Gasteiger partial charge in [0.1, 0.15) is 24.3 Å². The van der Waals surface area contributed by atoms with E-state index < -0.39 is 12.1 Å². The first-order valence-electron chi connectivity index (χ1n) is 6.02. The van der Waals surface area contributed by atoms with Crippen LogP contribution >= 0.6 is 0 Å². The van der Waals surface area contributed by atoms with E-state index >= 15 is 0 Å². The number of ether oxygens (including phenoxy) is 1. The van der Waals surface area contributed by atoms with Crippen LogP contribution in [0.3, 0.4) is 0 Å². The largest absolute Gasteiger partial charge is 0.447 e. The Bertz CT molecular complexity index is 496. The van der Waals surface area contributed by atoms with Gasteiger partial charge < -0.3 is 19.9 Å². The number of nitrogens with one attached hydrogen (secondary N) is 2. The molecule has 3 heterocycles. The van der Waals surface area contributed by atoms with Crippen LogP contribution in [0.1, 0.15) is 18.7 Å². The van der Waals surface area contributed by atoms with Crippen molar-refractivity contribution >= 4 is 17.8 Å². The number of amides is 2. The van der Waals surface area contributed by atoms with Crippen LogP contribution in [0.4, 0.5) is 10.6 Å². The number of carbonyl (C=O) groups is 2. The number of hydrogen-bond donors (Lipinski definition) is 2. The van der Waals surface area contributed by atoms with Crippen LogP contribution in [0.15, 0.2) is 6.20 Å². The molecular weight excluding hydrogens is 236 g/mol. The van der Waals surface area contributed by atoms with Gasteiger partial charge >= 0.3 is 6.09 Å². The van der Waals surface area contributed by atoms with E-state index in [4.69, 9.17) is 0 Å². The van der Waals surface area contributed by atoms with Crippen LogP contribution in [0.5, 0.6) is 0 Å². The molecule has 2 aliphatic rings. The van der Waals surface area contributed by atoms with Crippen molar-refractivity contribution < 1.29 is 14.3 Å². The Kier molecular flexibility index (Phi) is 2.66. The second-order valence-corrected chi connectivity index (χ2v) is 4.45.